The number of aliphatic hydroxyl groups is 1. The number of benzene rings is 1. The Morgan fingerprint density at radius 2 is 1.75 bits per heavy atom. The molecule has 9 nitrogen and oxygen atoms in total. The van der Waals surface area contributed by atoms with Gasteiger partial charge >= 0.3 is 6.09 Å². The molecule has 3 amide bonds. The summed E-state index contributed by atoms with van der Waals surface area (Å²) in [6.45, 7) is 14.0. The lowest BCUT2D eigenvalue weighted by Gasteiger charge is -2.35. The van der Waals surface area contributed by atoms with Gasteiger partial charge in [0.1, 0.15) is 23.4 Å². The van der Waals surface area contributed by atoms with E-state index in [9.17, 15) is 24.6 Å². The first-order chi connectivity index (χ1) is 16.7. The largest absolute Gasteiger partial charge is 0.507 e. The number of alkyl carbamates (subject to hydrolysis) is 1. The number of amides is 3. The van der Waals surface area contributed by atoms with Gasteiger partial charge in [0.15, 0.2) is 0 Å². The van der Waals surface area contributed by atoms with E-state index in [-0.39, 0.29) is 29.8 Å². The van der Waals surface area contributed by atoms with Gasteiger partial charge in [-0.25, -0.2) is 4.79 Å². The molecule has 0 aliphatic carbocycles. The maximum absolute atomic E-state index is 13.9. The number of aryl methyl sites for hydroxylation is 1. The summed E-state index contributed by atoms with van der Waals surface area (Å²) in [5, 5.41) is 26.3. The SMILES string of the molecule is CCCC(C)NC(=O)C(c1cccc(C)c1O)N(CCO)C(=O)C(CC(C)C)NC(=O)OC(C)(C)C. The van der Waals surface area contributed by atoms with Crippen molar-refractivity contribution in [2.24, 2.45) is 5.92 Å². The fraction of sp³-hybridized carbons (Fsp3) is 0.667. The molecule has 0 saturated heterocycles. The van der Waals surface area contributed by atoms with Crippen molar-refractivity contribution in [1.82, 2.24) is 15.5 Å². The molecule has 0 bridgehead atoms. The monoisotopic (exact) mass is 507 g/mol. The number of rotatable bonds is 12. The van der Waals surface area contributed by atoms with Gasteiger partial charge in [-0.05, 0) is 58.9 Å². The molecule has 1 rings (SSSR count). The zero-order valence-electron chi connectivity index (χ0n) is 23.1. The summed E-state index contributed by atoms with van der Waals surface area (Å²) < 4.78 is 5.36. The molecule has 0 aliphatic heterocycles. The summed E-state index contributed by atoms with van der Waals surface area (Å²) in [4.78, 5) is 41.2. The lowest BCUT2D eigenvalue weighted by atomic mass is 9.97. The number of para-hydroxylation sites is 1. The molecule has 3 atom stereocenters. The van der Waals surface area contributed by atoms with Crippen LogP contribution in [0.25, 0.3) is 0 Å². The van der Waals surface area contributed by atoms with Crippen LogP contribution in [0.2, 0.25) is 0 Å². The third-order valence-electron chi connectivity index (χ3n) is 5.55. The van der Waals surface area contributed by atoms with Gasteiger partial charge in [0, 0.05) is 18.2 Å². The zero-order chi connectivity index (χ0) is 27.6. The molecule has 3 unspecified atom stereocenters. The van der Waals surface area contributed by atoms with Crippen molar-refractivity contribution in [3.8, 4) is 5.75 Å². The lowest BCUT2D eigenvalue weighted by molar-refractivity contribution is -0.143. The standard InChI is InChI=1S/C27H45N3O6/c1-9-11-19(5)28-24(33)22(20-13-10-12-18(4)23(20)32)30(14-15-31)25(34)21(16-17(2)3)29-26(35)36-27(6,7)8/h10,12-13,17,19,21-22,31-32H,9,11,14-16H2,1-8H3,(H,28,33)(H,29,35). The van der Waals surface area contributed by atoms with Crippen LogP contribution in [0.1, 0.15) is 84.9 Å². The van der Waals surface area contributed by atoms with E-state index in [4.69, 9.17) is 4.74 Å². The molecule has 0 aromatic heterocycles. The fourth-order valence-corrected chi connectivity index (χ4v) is 4.00. The van der Waals surface area contributed by atoms with Gasteiger partial charge in [0.05, 0.1) is 6.61 Å². The Labute approximate surface area is 215 Å². The summed E-state index contributed by atoms with van der Waals surface area (Å²) in [5.41, 5.74) is 0.0401. The maximum atomic E-state index is 13.9. The maximum Gasteiger partial charge on any atom is 0.408 e. The topological polar surface area (TPSA) is 128 Å². The van der Waals surface area contributed by atoms with Crippen molar-refractivity contribution >= 4 is 17.9 Å². The average molecular weight is 508 g/mol. The molecule has 4 N–H and O–H groups in total. The quantitative estimate of drug-likeness (QED) is 0.341. The summed E-state index contributed by atoms with van der Waals surface area (Å²) in [5.74, 6) is -1.09. The van der Waals surface area contributed by atoms with Gasteiger partial charge in [-0.1, -0.05) is 45.4 Å². The lowest BCUT2D eigenvalue weighted by Crippen LogP contribution is -2.54. The summed E-state index contributed by atoms with van der Waals surface area (Å²) in [7, 11) is 0. The van der Waals surface area contributed by atoms with Gasteiger partial charge in [-0.2, -0.15) is 0 Å². The number of phenolic OH excluding ortho intramolecular Hbond substituents is 1. The molecule has 9 heteroatoms. The Morgan fingerprint density at radius 1 is 1.11 bits per heavy atom. The minimum atomic E-state index is -1.21. The van der Waals surface area contributed by atoms with Gasteiger partial charge in [-0.15, -0.1) is 0 Å². The number of carbonyl (C=O) groups excluding carboxylic acids is 3. The van der Waals surface area contributed by atoms with E-state index in [1.165, 1.54) is 4.90 Å². The van der Waals surface area contributed by atoms with E-state index < -0.39 is 42.2 Å². The number of ether oxygens (including phenoxy) is 1. The molecule has 0 radical (unpaired) electrons. The molecule has 0 spiro atoms. The molecular weight excluding hydrogens is 462 g/mol. The molecule has 204 valence electrons. The predicted octanol–water partition coefficient (Wildman–Crippen LogP) is 3.81. The van der Waals surface area contributed by atoms with Crippen molar-refractivity contribution in [2.75, 3.05) is 13.2 Å². The molecule has 1 aromatic carbocycles. The smallest absolute Gasteiger partial charge is 0.408 e. The second-order valence-corrected chi connectivity index (χ2v) is 10.7. The molecular formula is C27H45N3O6. The first kappa shape index (κ1) is 31.2. The average Bonchev–Trinajstić information content (AvgIpc) is 2.73. The van der Waals surface area contributed by atoms with Crippen LogP contribution in [0.5, 0.6) is 5.75 Å². The Bertz CT molecular complexity index is 881. The first-order valence-electron chi connectivity index (χ1n) is 12.7. The van der Waals surface area contributed by atoms with Gasteiger partial charge < -0.3 is 30.5 Å². The Balaban J connectivity index is 3.51. The number of carbonyl (C=O) groups is 3. The molecule has 1 aromatic rings. The number of hydrogen-bond donors (Lipinski definition) is 4. The molecule has 0 saturated carbocycles. The van der Waals surface area contributed by atoms with Crippen molar-refractivity contribution in [2.45, 2.75) is 98.4 Å². The van der Waals surface area contributed by atoms with Crippen LogP contribution in [0.4, 0.5) is 4.79 Å². The number of hydrogen-bond acceptors (Lipinski definition) is 6. The second kappa shape index (κ2) is 14.1. The number of aliphatic hydroxyl groups excluding tert-OH is 1. The van der Waals surface area contributed by atoms with E-state index in [2.05, 4.69) is 10.6 Å². The van der Waals surface area contributed by atoms with Crippen molar-refractivity contribution in [3.63, 3.8) is 0 Å². The van der Waals surface area contributed by atoms with Gasteiger partial charge in [-0.3, -0.25) is 9.59 Å². The minimum Gasteiger partial charge on any atom is -0.507 e. The van der Waals surface area contributed by atoms with E-state index in [0.717, 1.165) is 12.8 Å². The summed E-state index contributed by atoms with van der Waals surface area (Å²) >= 11 is 0. The minimum absolute atomic E-state index is 0.0362. The van der Waals surface area contributed by atoms with Crippen molar-refractivity contribution in [1.29, 1.82) is 0 Å². The number of phenols is 1. The van der Waals surface area contributed by atoms with E-state index >= 15 is 0 Å². The Morgan fingerprint density at radius 3 is 2.28 bits per heavy atom. The molecule has 0 fully saturated rings. The second-order valence-electron chi connectivity index (χ2n) is 10.7. The third kappa shape index (κ3) is 9.68. The third-order valence-corrected chi connectivity index (χ3v) is 5.55. The van der Waals surface area contributed by atoms with Crippen molar-refractivity contribution in [3.05, 3.63) is 29.3 Å². The molecule has 0 aliphatic rings. The van der Waals surface area contributed by atoms with Crippen LogP contribution in [0.3, 0.4) is 0 Å². The highest BCUT2D eigenvalue weighted by molar-refractivity contribution is 5.92. The highest BCUT2D eigenvalue weighted by Gasteiger charge is 2.38. The van der Waals surface area contributed by atoms with E-state index in [0.29, 0.717) is 12.0 Å². The normalized spacial score (nSPS) is 14.1. The summed E-state index contributed by atoms with van der Waals surface area (Å²) in [6, 6.07) is 2.63. The fourth-order valence-electron chi connectivity index (χ4n) is 4.00. The van der Waals surface area contributed by atoms with Crippen LogP contribution in [-0.2, 0) is 14.3 Å². The summed E-state index contributed by atoms with van der Waals surface area (Å²) in [6.07, 6.45) is 1.14. The van der Waals surface area contributed by atoms with Crippen LogP contribution in [-0.4, -0.2) is 63.9 Å². The molecule has 36 heavy (non-hydrogen) atoms. The highest BCUT2D eigenvalue weighted by Crippen LogP contribution is 2.32. The van der Waals surface area contributed by atoms with E-state index in [1.54, 1.807) is 45.9 Å². The number of nitrogens with zero attached hydrogens (tertiary/aromatic N) is 1. The van der Waals surface area contributed by atoms with E-state index in [1.807, 2.05) is 27.7 Å². The Hall–Kier alpha value is -2.81. The number of aromatic hydroxyl groups is 1. The molecule has 0 heterocycles. The van der Waals surface area contributed by atoms with Crippen LogP contribution in [0, 0.1) is 12.8 Å². The van der Waals surface area contributed by atoms with Crippen LogP contribution in [0.15, 0.2) is 18.2 Å². The van der Waals surface area contributed by atoms with Crippen molar-refractivity contribution < 1.29 is 29.3 Å². The highest BCUT2D eigenvalue weighted by atomic mass is 16.6. The van der Waals surface area contributed by atoms with Gasteiger partial charge in [0.25, 0.3) is 0 Å². The first-order valence-corrected chi connectivity index (χ1v) is 12.7. The van der Waals surface area contributed by atoms with Crippen LogP contribution >= 0.6 is 0 Å². The Kier molecular flexibility index (Phi) is 12.2. The number of nitrogens with one attached hydrogen (secondary N) is 2. The zero-order valence-corrected chi connectivity index (χ0v) is 23.1. The van der Waals surface area contributed by atoms with Gasteiger partial charge in [0.2, 0.25) is 11.8 Å². The predicted molar refractivity (Wildman–Crippen MR) is 140 cm³/mol. The van der Waals surface area contributed by atoms with Crippen LogP contribution < -0.4 is 10.6 Å².